The molecule has 1 atom stereocenters. The lowest BCUT2D eigenvalue weighted by atomic mass is 10.2. The van der Waals surface area contributed by atoms with Crippen LogP contribution < -0.4 is 20.5 Å². The molecule has 3 N–H and O–H groups in total. The summed E-state index contributed by atoms with van der Waals surface area (Å²) in [5, 5.41) is 3.06. The summed E-state index contributed by atoms with van der Waals surface area (Å²) < 4.78 is 13.7. The van der Waals surface area contributed by atoms with Gasteiger partial charge >= 0.3 is 0 Å². The number of hydrogen-bond donors (Lipinski definition) is 2. The van der Waals surface area contributed by atoms with Crippen LogP contribution in [0.15, 0.2) is 29.3 Å². The fourth-order valence-corrected chi connectivity index (χ4v) is 4.11. The number of nitrogens with zero attached hydrogens (tertiary/aromatic N) is 3. The molecule has 25 heavy (non-hydrogen) atoms. The number of anilines is 1. The second-order valence-electron chi connectivity index (χ2n) is 6.10. The molecule has 128 valence electrons. The predicted octanol–water partition coefficient (Wildman–Crippen LogP) is 2.85. The first-order chi connectivity index (χ1) is 12.2. The number of aliphatic imine (C=N–C) groups is 1. The number of hydrogen-bond acceptors (Lipinski definition) is 7. The second kappa shape index (κ2) is 5.38. The maximum atomic E-state index is 5.99. The Kier molecular flexibility index (Phi) is 3.14. The fraction of sp³-hybridized carbons (Fsp3) is 0.294. The van der Waals surface area contributed by atoms with Crippen LogP contribution in [0.3, 0.4) is 0 Å². The summed E-state index contributed by atoms with van der Waals surface area (Å²) in [4.78, 5) is 11.6. The zero-order chi connectivity index (χ0) is 17.0. The number of guanidine groups is 1. The lowest BCUT2D eigenvalue weighted by Crippen LogP contribution is -2.31. The topological polar surface area (TPSA) is 86.7 Å². The lowest BCUT2D eigenvalue weighted by molar-refractivity contribution is 0.297. The minimum atomic E-state index is -0.232. The van der Waals surface area contributed by atoms with E-state index < -0.39 is 0 Å². The number of thiophene rings is 1. The normalized spacial score (nSPS) is 19.1. The van der Waals surface area contributed by atoms with Crippen LogP contribution in [0.2, 0.25) is 0 Å². The zero-order valence-electron chi connectivity index (χ0n) is 13.7. The molecule has 1 aromatic carbocycles. The van der Waals surface area contributed by atoms with E-state index in [2.05, 4.69) is 38.9 Å². The molecule has 2 aliphatic heterocycles. The Hall–Kier alpha value is -2.74. The number of benzene rings is 1. The molecule has 0 aliphatic carbocycles. The van der Waals surface area contributed by atoms with Gasteiger partial charge in [0.1, 0.15) is 0 Å². The van der Waals surface area contributed by atoms with Crippen LogP contribution >= 0.6 is 11.3 Å². The van der Waals surface area contributed by atoms with E-state index >= 15 is 0 Å². The van der Waals surface area contributed by atoms with Gasteiger partial charge in [-0.1, -0.05) is 0 Å². The van der Waals surface area contributed by atoms with Gasteiger partial charge in [-0.25, -0.2) is 9.98 Å². The minimum Gasteiger partial charge on any atom is -0.489 e. The largest absolute Gasteiger partial charge is 0.489 e. The molecule has 0 saturated heterocycles. The van der Waals surface area contributed by atoms with Crippen molar-refractivity contribution in [1.29, 1.82) is 0 Å². The summed E-state index contributed by atoms with van der Waals surface area (Å²) >= 11 is 1.71. The first kappa shape index (κ1) is 14.6. The number of nitrogens with two attached hydrogens (primary N) is 1. The number of rotatable bonds is 1. The smallest absolute Gasteiger partial charge is 0.212 e. The average molecular weight is 355 g/mol. The standard InChI is InChI=1S/C17H17N5O2S/c1-9-3-4-14(25-9)15-20-16(18)21-17-19-10-7-12-13(8-11(10)22(15)17)24-6-2-5-23-12/h3-4,7-8,15H,2,5-6H2,1H3,(H3,18,19,20,21)/t15-/m0/s1. The molecular weight excluding hydrogens is 338 g/mol. The van der Waals surface area contributed by atoms with Gasteiger partial charge < -0.3 is 15.2 Å². The predicted molar refractivity (Wildman–Crippen MR) is 97.8 cm³/mol. The highest BCUT2D eigenvalue weighted by Crippen LogP contribution is 2.40. The summed E-state index contributed by atoms with van der Waals surface area (Å²) in [6.45, 7) is 3.38. The van der Waals surface area contributed by atoms with Gasteiger partial charge in [-0.05, 0) is 19.1 Å². The van der Waals surface area contributed by atoms with Crippen molar-refractivity contribution < 1.29 is 9.47 Å². The van der Waals surface area contributed by atoms with Gasteiger partial charge in [0.05, 0.1) is 24.2 Å². The van der Waals surface area contributed by atoms with Crippen molar-refractivity contribution >= 4 is 34.3 Å². The minimum absolute atomic E-state index is 0.232. The Labute approximate surface area is 148 Å². The van der Waals surface area contributed by atoms with Crippen molar-refractivity contribution in [2.24, 2.45) is 10.7 Å². The zero-order valence-corrected chi connectivity index (χ0v) is 14.5. The van der Waals surface area contributed by atoms with Gasteiger partial charge in [0.2, 0.25) is 5.95 Å². The van der Waals surface area contributed by atoms with Crippen molar-refractivity contribution in [3.8, 4) is 11.5 Å². The maximum Gasteiger partial charge on any atom is 0.212 e. The van der Waals surface area contributed by atoms with Crippen LogP contribution in [0.1, 0.15) is 22.3 Å². The number of aromatic nitrogens is 2. The summed E-state index contributed by atoms with van der Waals surface area (Å²) in [5.41, 5.74) is 7.76. The van der Waals surface area contributed by atoms with E-state index in [9.17, 15) is 0 Å². The molecule has 0 fully saturated rings. The van der Waals surface area contributed by atoms with E-state index in [4.69, 9.17) is 15.2 Å². The molecule has 0 unspecified atom stereocenters. The van der Waals surface area contributed by atoms with Gasteiger partial charge in [0.25, 0.3) is 0 Å². The first-order valence-corrected chi connectivity index (χ1v) is 8.99. The van der Waals surface area contributed by atoms with Gasteiger partial charge in [-0.15, -0.1) is 11.3 Å². The molecule has 2 aliphatic rings. The Morgan fingerprint density at radius 1 is 1.24 bits per heavy atom. The van der Waals surface area contributed by atoms with Crippen LogP contribution in [0, 0.1) is 6.92 Å². The van der Waals surface area contributed by atoms with E-state index in [1.165, 1.54) is 4.88 Å². The van der Waals surface area contributed by atoms with Gasteiger partial charge in [-0.2, -0.15) is 0 Å². The van der Waals surface area contributed by atoms with Crippen molar-refractivity contribution in [2.75, 3.05) is 18.5 Å². The van der Waals surface area contributed by atoms with E-state index in [-0.39, 0.29) is 6.17 Å². The molecule has 8 heteroatoms. The molecule has 4 heterocycles. The van der Waals surface area contributed by atoms with Crippen LogP contribution in [0.5, 0.6) is 11.5 Å². The molecule has 5 rings (SSSR count). The quantitative estimate of drug-likeness (QED) is 0.701. The summed E-state index contributed by atoms with van der Waals surface area (Å²) in [7, 11) is 0. The van der Waals surface area contributed by atoms with Crippen molar-refractivity contribution in [3.63, 3.8) is 0 Å². The van der Waals surface area contributed by atoms with E-state index in [1.807, 2.05) is 12.1 Å². The SMILES string of the molecule is Cc1ccc([C@H]2N=C(N)Nc3nc4cc5c(cc4n32)OCCCO5)s1. The summed E-state index contributed by atoms with van der Waals surface area (Å²) in [5.74, 6) is 2.53. The molecule has 0 amide bonds. The van der Waals surface area contributed by atoms with Crippen LogP contribution in [0.4, 0.5) is 5.95 Å². The number of imidazole rings is 1. The van der Waals surface area contributed by atoms with Gasteiger partial charge in [-0.3, -0.25) is 9.88 Å². The Morgan fingerprint density at radius 2 is 2.04 bits per heavy atom. The molecule has 7 nitrogen and oxygen atoms in total. The van der Waals surface area contributed by atoms with E-state index in [0.29, 0.717) is 25.1 Å². The van der Waals surface area contributed by atoms with Gasteiger partial charge in [0, 0.05) is 28.3 Å². The van der Waals surface area contributed by atoms with Crippen LogP contribution in [-0.2, 0) is 0 Å². The van der Waals surface area contributed by atoms with Crippen molar-refractivity contribution in [2.45, 2.75) is 19.5 Å². The van der Waals surface area contributed by atoms with Crippen LogP contribution in [0.25, 0.3) is 11.0 Å². The Morgan fingerprint density at radius 3 is 2.80 bits per heavy atom. The van der Waals surface area contributed by atoms with E-state index in [1.54, 1.807) is 11.3 Å². The molecule has 3 aromatic rings. The molecule has 0 saturated carbocycles. The monoisotopic (exact) mass is 355 g/mol. The lowest BCUT2D eigenvalue weighted by Gasteiger charge is -2.22. The molecule has 2 aromatic heterocycles. The van der Waals surface area contributed by atoms with Crippen LogP contribution in [-0.4, -0.2) is 28.7 Å². The molecule has 0 bridgehead atoms. The van der Waals surface area contributed by atoms with Crippen molar-refractivity contribution in [1.82, 2.24) is 9.55 Å². The number of ether oxygens (including phenoxy) is 2. The summed E-state index contributed by atoms with van der Waals surface area (Å²) in [6, 6.07) is 8.09. The molecular formula is C17H17N5O2S. The van der Waals surface area contributed by atoms with Crippen molar-refractivity contribution in [3.05, 3.63) is 34.0 Å². The third-order valence-electron chi connectivity index (χ3n) is 4.32. The fourth-order valence-electron chi connectivity index (χ4n) is 3.21. The number of fused-ring (bicyclic) bond motifs is 4. The average Bonchev–Trinajstić information content (AvgIpc) is 3.08. The third-order valence-corrected chi connectivity index (χ3v) is 5.36. The second-order valence-corrected chi connectivity index (χ2v) is 7.42. The van der Waals surface area contributed by atoms with Gasteiger partial charge in [0.15, 0.2) is 23.6 Å². The molecule has 0 radical (unpaired) electrons. The highest BCUT2D eigenvalue weighted by Gasteiger charge is 2.27. The third kappa shape index (κ3) is 2.32. The highest BCUT2D eigenvalue weighted by atomic mass is 32.1. The first-order valence-electron chi connectivity index (χ1n) is 8.17. The number of nitrogens with one attached hydrogen (secondary N) is 1. The Bertz CT molecular complexity index is 1010. The highest BCUT2D eigenvalue weighted by molar-refractivity contribution is 7.12. The molecule has 0 spiro atoms. The maximum absolute atomic E-state index is 5.99. The Balaban J connectivity index is 1.72. The van der Waals surface area contributed by atoms with E-state index in [0.717, 1.165) is 33.8 Å². The summed E-state index contributed by atoms with van der Waals surface area (Å²) in [6.07, 6.45) is 0.640. The number of aryl methyl sites for hydroxylation is 1.